The van der Waals surface area contributed by atoms with Gasteiger partial charge in [0.15, 0.2) is 0 Å². The minimum atomic E-state index is 0.0169. The number of nitrogens with zero attached hydrogens (tertiary/aromatic N) is 2. The van der Waals surface area contributed by atoms with Crippen LogP contribution in [0.4, 0.5) is 0 Å². The van der Waals surface area contributed by atoms with Crippen LogP contribution in [-0.4, -0.2) is 34.6 Å². The van der Waals surface area contributed by atoms with Crippen molar-refractivity contribution in [1.29, 1.82) is 0 Å². The first-order chi connectivity index (χ1) is 15.1. The SMILES string of the molecule is O=C(NCC12CC3CC4CC(C1)C2(C4)C3)c1cn(C[C@@H]2CCCN2)c2nccc(Cl)c12. The Labute approximate surface area is 188 Å². The first kappa shape index (κ1) is 18.9. The van der Waals surface area contributed by atoms with Crippen LogP contribution in [-0.2, 0) is 6.54 Å². The summed E-state index contributed by atoms with van der Waals surface area (Å²) in [6.07, 6.45) is 14.5. The molecule has 2 aromatic heterocycles. The number of pyridine rings is 1. The van der Waals surface area contributed by atoms with E-state index in [1.807, 2.05) is 6.20 Å². The molecule has 4 aliphatic carbocycles. The van der Waals surface area contributed by atoms with Gasteiger partial charge in [0.05, 0.1) is 16.0 Å². The third-order valence-electron chi connectivity index (χ3n) is 9.86. The van der Waals surface area contributed by atoms with Crippen molar-refractivity contribution in [2.75, 3.05) is 13.1 Å². The molecule has 0 radical (unpaired) electrons. The number of hydrogen-bond donors (Lipinski definition) is 2. The minimum absolute atomic E-state index is 0.0169. The third-order valence-corrected chi connectivity index (χ3v) is 10.2. The second-order valence-corrected chi connectivity index (χ2v) is 11.7. The molecule has 7 rings (SSSR count). The topological polar surface area (TPSA) is 59.0 Å². The van der Waals surface area contributed by atoms with Gasteiger partial charge in [0.25, 0.3) is 5.91 Å². The largest absolute Gasteiger partial charge is 0.351 e. The Balaban J connectivity index is 1.16. The van der Waals surface area contributed by atoms with E-state index in [1.165, 1.54) is 44.9 Å². The summed E-state index contributed by atoms with van der Waals surface area (Å²) in [5, 5.41) is 8.34. The van der Waals surface area contributed by atoms with Crippen LogP contribution in [0, 0.1) is 28.6 Å². The van der Waals surface area contributed by atoms with E-state index in [0.717, 1.165) is 54.8 Å². The smallest absolute Gasteiger partial charge is 0.253 e. The maximum atomic E-state index is 13.4. The lowest BCUT2D eigenvalue weighted by Crippen LogP contribution is -2.57. The van der Waals surface area contributed by atoms with Crippen molar-refractivity contribution >= 4 is 28.5 Å². The standard InChI is InChI=1S/C25H31ClN4O/c26-20-3-5-28-22-21(20)19(13-30(22)12-18-2-1-4-27-18)23(31)29-14-24-8-16-6-15-7-17(11-24)25(24,9-15)10-16/h3,5,13,15-18,27H,1-2,4,6-12,14H2,(H,29,31)/t15?,16?,17?,18-,24?,25?/m0/s1. The van der Waals surface area contributed by atoms with Gasteiger partial charge in [-0.1, -0.05) is 11.6 Å². The Kier molecular flexibility index (Phi) is 3.95. The average molecular weight is 439 g/mol. The highest BCUT2D eigenvalue weighted by molar-refractivity contribution is 6.36. The van der Waals surface area contributed by atoms with Gasteiger partial charge in [0, 0.05) is 31.5 Å². The van der Waals surface area contributed by atoms with Crippen LogP contribution in [0.2, 0.25) is 5.02 Å². The fourth-order valence-electron chi connectivity index (χ4n) is 8.88. The van der Waals surface area contributed by atoms with Crippen molar-refractivity contribution in [3.63, 3.8) is 0 Å². The summed E-state index contributed by atoms with van der Waals surface area (Å²) >= 11 is 6.57. The van der Waals surface area contributed by atoms with Crippen LogP contribution < -0.4 is 10.6 Å². The molecule has 2 aromatic rings. The average Bonchev–Trinajstić information content (AvgIpc) is 3.47. The monoisotopic (exact) mass is 438 g/mol. The summed E-state index contributed by atoms with van der Waals surface area (Å²) in [6, 6.07) is 2.23. The molecule has 5 fully saturated rings. The highest BCUT2D eigenvalue weighted by atomic mass is 35.5. The van der Waals surface area contributed by atoms with Crippen LogP contribution in [0.3, 0.4) is 0 Å². The second-order valence-electron chi connectivity index (χ2n) is 11.3. The van der Waals surface area contributed by atoms with Crippen LogP contribution >= 0.6 is 11.6 Å². The van der Waals surface area contributed by atoms with E-state index in [-0.39, 0.29) is 5.91 Å². The van der Waals surface area contributed by atoms with Crippen molar-refractivity contribution in [3.8, 4) is 0 Å². The van der Waals surface area contributed by atoms with Crippen LogP contribution in [0.5, 0.6) is 0 Å². The van der Waals surface area contributed by atoms with Crippen LogP contribution in [0.25, 0.3) is 11.0 Å². The lowest BCUT2D eigenvalue weighted by atomic mass is 9.46. The predicted octanol–water partition coefficient (Wildman–Crippen LogP) is 4.39. The number of aromatic nitrogens is 2. The van der Waals surface area contributed by atoms with E-state index in [9.17, 15) is 4.79 Å². The number of fused-ring (bicyclic) bond motifs is 3. The molecule has 5 nitrogen and oxygen atoms in total. The number of carbonyl (C=O) groups excluding carboxylic acids is 1. The molecule has 1 aliphatic heterocycles. The fourth-order valence-corrected chi connectivity index (χ4v) is 9.12. The lowest BCUT2D eigenvalue weighted by molar-refractivity contribution is -0.0960. The summed E-state index contributed by atoms with van der Waals surface area (Å²) in [4.78, 5) is 18.0. The Morgan fingerprint density at radius 3 is 3.03 bits per heavy atom. The van der Waals surface area contributed by atoms with E-state index in [4.69, 9.17) is 11.6 Å². The molecular weight excluding hydrogens is 408 g/mol. The zero-order valence-electron chi connectivity index (χ0n) is 18.0. The molecule has 5 aliphatic rings. The van der Waals surface area contributed by atoms with E-state index in [1.54, 1.807) is 12.3 Å². The molecular formula is C25H31ClN4O. The first-order valence-corrected chi connectivity index (χ1v) is 12.6. The van der Waals surface area contributed by atoms with Gasteiger partial charge in [0.2, 0.25) is 0 Å². The van der Waals surface area contributed by atoms with Gasteiger partial charge in [-0.25, -0.2) is 4.98 Å². The molecule has 1 amide bonds. The van der Waals surface area contributed by atoms with Gasteiger partial charge in [-0.15, -0.1) is 0 Å². The molecule has 3 bridgehead atoms. The number of carbonyl (C=O) groups is 1. The highest BCUT2D eigenvalue weighted by Gasteiger charge is 2.73. The summed E-state index contributed by atoms with van der Waals surface area (Å²) in [5.41, 5.74) is 2.41. The fraction of sp³-hybridized carbons (Fsp3) is 0.680. The van der Waals surface area contributed by atoms with Gasteiger partial charge in [0.1, 0.15) is 5.65 Å². The number of nitrogens with one attached hydrogen (secondary N) is 2. The van der Waals surface area contributed by atoms with Crippen molar-refractivity contribution < 1.29 is 4.79 Å². The van der Waals surface area contributed by atoms with Crippen LogP contribution in [0.1, 0.15) is 61.7 Å². The van der Waals surface area contributed by atoms with Crippen LogP contribution in [0.15, 0.2) is 18.5 Å². The molecule has 164 valence electrons. The van der Waals surface area contributed by atoms with Gasteiger partial charge >= 0.3 is 0 Å². The zero-order valence-corrected chi connectivity index (χ0v) is 18.8. The Morgan fingerprint density at radius 1 is 1.26 bits per heavy atom. The minimum Gasteiger partial charge on any atom is -0.351 e. The molecule has 6 heteroatoms. The Morgan fingerprint density at radius 2 is 2.16 bits per heavy atom. The zero-order chi connectivity index (χ0) is 20.8. The van der Waals surface area contributed by atoms with Crippen molar-refractivity contribution in [1.82, 2.24) is 20.2 Å². The number of rotatable bonds is 5. The molecule has 1 saturated heterocycles. The van der Waals surface area contributed by atoms with E-state index < -0.39 is 0 Å². The number of halogens is 1. The van der Waals surface area contributed by atoms with Crippen molar-refractivity contribution in [3.05, 3.63) is 29.0 Å². The lowest BCUT2D eigenvalue weighted by Gasteiger charge is -2.59. The van der Waals surface area contributed by atoms with Gasteiger partial charge < -0.3 is 15.2 Å². The highest BCUT2D eigenvalue weighted by Crippen LogP contribution is 2.81. The summed E-state index contributed by atoms with van der Waals surface area (Å²) in [7, 11) is 0. The predicted molar refractivity (Wildman–Crippen MR) is 121 cm³/mol. The molecule has 5 unspecified atom stereocenters. The molecule has 0 aromatic carbocycles. The Bertz CT molecular complexity index is 1070. The molecule has 1 spiro atoms. The molecule has 6 atom stereocenters. The van der Waals surface area contributed by atoms with Gasteiger partial charge in [-0.05, 0) is 92.6 Å². The summed E-state index contributed by atoms with van der Waals surface area (Å²) in [5.74, 6) is 2.82. The number of amides is 1. The second kappa shape index (κ2) is 6.48. The van der Waals surface area contributed by atoms with Gasteiger partial charge in [-0.2, -0.15) is 0 Å². The van der Waals surface area contributed by atoms with E-state index in [2.05, 4.69) is 20.2 Å². The summed E-state index contributed by atoms with van der Waals surface area (Å²) in [6.45, 7) is 2.73. The van der Waals surface area contributed by atoms with Crippen molar-refractivity contribution in [2.45, 2.75) is 64.0 Å². The van der Waals surface area contributed by atoms with Crippen molar-refractivity contribution in [2.24, 2.45) is 28.6 Å². The van der Waals surface area contributed by atoms with E-state index in [0.29, 0.717) is 27.5 Å². The quantitative estimate of drug-likeness (QED) is 0.727. The van der Waals surface area contributed by atoms with E-state index >= 15 is 0 Å². The maximum absolute atomic E-state index is 13.4. The molecule has 31 heavy (non-hydrogen) atoms. The molecule has 2 N–H and O–H groups in total. The van der Waals surface area contributed by atoms with Gasteiger partial charge in [-0.3, -0.25) is 4.79 Å². The normalized spacial score (nSPS) is 39.8. The number of hydrogen-bond acceptors (Lipinski definition) is 3. The Hall–Kier alpha value is -1.59. The summed E-state index contributed by atoms with van der Waals surface area (Å²) < 4.78 is 2.12. The third kappa shape index (κ3) is 2.54. The molecule has 4 saturated carbocycles. The molecule has 3 heterocycles. The first-order valence-electron chi connectivity index (χ1n) is 12.2. The maximum Gasteiger partial charge on any atom is 0.253 e.